The van der Waals surface area contributed by atoms with Crippen LogP contribution in [0.4, 0.5) is 0 Å². The van der Waals surface area contributed by atoms with Gasteiger partial charge < -0.3 is 4.74 Å². The van der Waals surface area contributed by atoms with Crippen molar-refractivity contribution in [3.05, 3.63) is 59.7 Å². The third-order valence-electron chi connectivity index (χ3n) is 5.69. The number of ether oxygens (including phenoxy) is 1. The lowest BCUT2D eigenvalue weighted by Crippen LogP contribution is -2.35. The van der Waals surface area contributed by atoms with Crippen LogP contribution in [0.1, 0.15) is 54.4 Å². The van der Waals surface area contributed by atoms with Gasteiger partial charge in [-0.25, -0.2) is 5.48 Å². The first-order valence-corrected chi connectivity index (χ1v) is 11.1. The molecule has 1 fully saturated rings. The number of carbonyl (C=O) groups is 2. The normalized spacial score (nSPS) is 14.4. The summed E-state index contributed by atoms with van der Waals surface area (Å²) in [6, 6.07) is 16.5. The number of ketones is 1. The maximum atomic E-state index is 12.4. The summed E-state index contributed by atoms with van der Waals surface area (Å²) in [6.07, 6.45) is 4.15. The van der Waals surface area contributed by atoms with E-state index in [1.165, 1.54) is 5.56 Å². The first-order chi connectivity index (χ1) is 15.2. The molecule has 6 nitrogen and oxygen atoms in total. The number of nitrogens with one attached hydrogen (secondary N) is 1. The van der Waals surface area contributed by atoms with Crippen LogP contribution < -0.4 is 5.48 Å². The molecular formula is C25H32N2O4. The molecule has 2 aromatic rings. The number of benzene rings is 2. The van der Waals surface area contributed by atoms with E-state index in [-0.39, 0.29) is 11.7 Å². The number of amides is 1. The van der Waals surface area contributed by atoms with Crippen LogP contribution in [0, 0.1) is 0 Å². The van der Waals surface area contributed by atoms with E-state index < -0.39 is 0 Å². The van der Waals surface area contributed by atoms with Crippen molar-refractivity contribution >= 4 is 11.7 Å². The Labute approximate surface area is 184 Å². The average Bonchev–Trinajstić information content (AvgIpc) is 2.82. The fourth-order valence-electron chi connectivity index (χ4n) is 3.79. The van der Waals surface area contributed by atoms with Gasteiger partial charge in [-0.05, 0) is 29.5 Å². The molecule has 0 saturated carbocycles. The number of morpholine rings is 1. The lowest BCUT2D eigenvalue weighted by Gasteiger charge is -2.26. The van der Waals surface area contributed by atoms with E-state index in [1.54, 1.807) is 5.48 Å². The molecule has 2 aromatic carbocycles. The predicted octanol–water partition coefficient (Wildman–Crippen LogP) is 4.21. The molecule has 0 atom stereocenters. The van der Waals surface area contributed by atoms with Gasteiger partial charge in [0.05, 0.1) is 13.2 Å². The van der Waals surface area contributed by atoms with Gasteiger partial charge >= 0.3 is 0 Å². The summed E-state index contributed by atoms with van der Waals surface area (Å²) in [5, 5.41) is 8.45. The number of hydrogen-bond donors (Lipinski definition) is 2. The summed E-state index contributed by atoms with van der Waals surface area (Å²) >= 11 is 0. The van der Waals surface area contributed by atoms with Gasteiger partial charge in [0.2, 0.25) is 5.91 Å². The van der Waals surface area contributed by atoms with Gasteiger partial charge in [-0.15, -0.1) is 0 Å². The van der Waals surface area contributed by atoms with Gasteiger partial charge in [0.15, 0.2) is 5.78 Å². The summed E-state index contributed by atoms with van der Waals surface area (Å²) in [5.74, 6) is -0.205. The van der Waals surface area contributed by atoms with E-state index in [0.717, 1.165) is 75.2 Å². The van der Waals surface area contributed by atoms with Gasteiger partial charge in [-0.1, -0.05) is 61.4 Å². The number of Topliss-reactive ketones (excluding diaryl/α,β-unsaturated/α-hetero) is 1. The molecule has 1 heterocycles. The minimum absolute atomic E-state index is 0.153. The van der Waals surface area contributed by atoms with Crippen LogP contribution in [-0.4, -0.2) is 48.1 Å². The summed E-state index contributed by atoms with van der Waals surface area (Å²) in [7, 11) is 0. The molecule has 0 bridgehead atoms. The smallest absolute Gasteiger partial charge is 0.243 e. The minimum atomic E-state index is -0.358. The van der Waals surface area contributed by atoms with Crippen molar-refractivity contribution in [2.24, 2.45) is 0 Å². The van der Waals surface area contributed by atoms with Gasteiger partial charge in [0, 0.05) is 38.0 Å². The van der Waals surface area contributed by atoms with Gasteiger partial charge in [0.1, 0.15) is 0 Å². The quantitative estimate of drug-likeness (QED) is 0.244. The van der Waals surface area contributed by atoms with Crippen molar-refractivity contribution in [2.45, 2.75) is 45.1 Å². The maximum Gasteiger partial charge on any atom is 0.243 e. The molecule has 2 N–H and O–H groups in total. The predicted molar refractivity (Wildman–Crippen MR) is 120 cm³/mol. The monoisotopic (exact) mass is 424 g/mol. The van der Waals surface area contributed by atoms with E-state index in [0.29, 0.717) is 12.8 Å². The Morgan fingerprint density at radius 2 is 1.42 bits per heavy atom. The third kappa shape index (κ3) is 7.58. The maximum absolute atomic E-state index is 12.4. The van der Waals surface area contributed by atoms with Crippen molar-refractivity contribution in [2.75, 3.05) is 26.3 Å². The Morgan fingerprint density at radius 1 is 0.839 bits per heavy atom. The highest BCUT2D eigenvalue weighted by Gasteiger charge is 2.11. The van der Waals surface area contributed by atoms with Crippen molar-refractivity contribution in [1.82, 2.24) is 10.4 Å². The second-order valence-corrected chi connectivity index (χ2v) is 8.04. The standard InChI is InChI=1S/C25H32N2O4/c28-24(5-3-1-2-4-6-25(29)26-30)23-13-11-22(12-14-23)21-9-7-20(8-10-21)19-27-15-17-31-18-16-27/h7-14,30H,1-6,15-19H2,(H,26,29). The van der Waals surface area contributed by atoms with Gasteiger partial charge in [0.25, 0.3) is 0 Å². The molecule has 0 spiro atoms. The lowest BCUT2D eigenvalue weighted by molar-refractivity contribution is -0.129. The van der Waals surface area contributed by atoms with Crippen molar-refractivity contribution < 1.29 is 19.5 Å². The SMILES string of the molecule is O=C(CCCCCCC(=O)c1ccc(-c2ccc(CN3CCOCC3)cc2)cc1)NO. The summed E-state index contributed by atoms with van der Waals surface area (Å²) in [6.45, 7) is 4.54. The van der Waals surface area contributed by atoms with Crippen LogP contribution in [0.5, 0.6) is 0 Å². The first-order valence-electron chi connectivity index (χ1n) is 11.1. The Hall–Kier alpha value is -2.54. The van der Waals surface area contributed by atoms with E-state index in [2.05, 4.69) is 29.2 Å². The van der Waals surface area contributed by atoms with Crippen LogP contribution >= 0.6 is 0 Å². The molecule has 31 heavy (non-hydrogen) atoms. The van der Waals surface area contributed by atoms with Gasteiger partial charge in [-0.2, -0.15) is 0 Å². The Morgan fingerprint density at radius 3 is 2.03 bits per heavy atom. The lowest BCUT2D eigenvalue weighted by atomic mass is 9.99. The molecule has 6 heteroatoms. The molecule has 0 unspecified atom stereocenters. The number of nitrogens with zero attached hydrogens (tertiary/aromatic N) is 1. The van der Waals surface area contributed by atoms with Crippen LogP contribution in [-0.2, 0) is 16.1 Å². The van der Waals surface area contributed by atoms with Crippen LogP contribution in [0.2, 0.25) is 0 Å². The zero-order valence-electron chi connectivity index (χ0n) is 18.0. The molecule has 1 saturated heterocycles. The molecular weight excluding hydrogens is 392 g/mol. The highest BCUT2D eigenvalue weighted by molar-refractivity contribution is 5.96. The number of unbranched alkanes of at least 4 members (excludes halogenated alkanes) is 3. The Balaban J connectivity index is 1.43. The number of carbonyl (C=O) groups excluding carboxylic acids is 2. The van der Waals surface area contributed by atoms with Crippen molar-refractivity contribution in [1.29, 1.82) is 0 Å². The van der Waals surface area contributed by atoms with Gasteiger partial charge in [-0.3, -0.25) is 19.7 Å². The van der Waals surface area contributed by atoms with Crippen LogP contribution in [0.3, 0.4) is 0 Å². The molecule has 0 aliphatic carbocycles. The van der Waals surface area contributed by atoms with Crippen LogP contribution in [0.25, 0.3) is 11.1 Å². The largest absolute Gasteiger partial charge is 0.379 e. The molecule has 1 aliphatic heterocycles. The number of hydrogen-bond acceptors (Lipinski definition) is 5. The summed E-state index contributed by atoms with van der Waals surface area (Å²) < 4.78 is 5.40. The van der Waals surface area contributed by atoms with E-state index in [1.807, 2.05) is 24.3 Å². The van der Waals surface area contributed by atoms with Crippen LogP contribution in [0.15, 0.2) is 48.5 Å². The van der Waals surface area contributed by atoms with E-state index in [9.17, 15) is 9.59 Å². The Bertz CT molecular complexity index is 828. The second-order valence-electron chi connectivity index (χ2n) is 8.04. The average molecular weight is 425 g/mol. The third-order valence-corrected chi connectivity index (χ3v) is 5.69. The molecule has 3 rings (SSSR count). The molecule has 1 aliphatic rings. The second kappa shape index (κ2) is 12.3. The zero-order valence-corrected chi connectivity index (χ0v) is 18.0. The van der Waals surface area contributed by atoms with E-state index in [4.69, 9.17) is 9.94 Å². The fraction of sp³-hybridized carbons (Fsp3) is 0.440. The highest BCUT2D eigenvalue weighted by Crippen LogP contribution is 2.22. The molecule has 0 radical (unpaired) electrons. The molecule has 166 valence electrons. The van der Waals surface area contributed by atoms with E-state index >= 15 is 0 Å². The minimum Gasteiger partial charge on any atom is -0.379 e. The number of rotatable bonds is 11. The van der Waals surface area contributed by atoms with Crippen molar-refractivity contribution in [3.63, 3.8) is 0 Å². The number of hydroxylamine groups is 1. The first kappa shape index (κ1) is 23.1. The summed E-state index contributed by atoms with van der Waals surface area (Å²) in [5.41, 5.74) is 5.93. The molecule has 0 aromatic heterocycles. The molecule has 1 amide bonds. The highest BCUT2D eigenvalue weighted by atomic mass is 16.5. The fourth-order valence-corrected chi connectivity index (χ4v) is 3.79. The Kier molecular flexibility index (Phi) is 9.21. The topological polar surface area (TPSA) is 78.9 Å². The van der Waals surface area contributed by atoms with Crippen molar-refractivity contribution in [3.8, 4) is 11.1 Å². The summed E-state index contributed by atoms with van der Waals surface area (Å²) in [4.78, 5) is 25.8. The zero-order chi connectivity index (χ0) is 21.9.